The number of benzene rings is 1. The summed E-state index contributed by atoms with van der Waals surface area (Å²) in [7, 11) is 0. The Balaban J connectivity index is 1.46. The summed E-state index contributed by atoms with van der Waals surface area (Å²) in [5, 5.41) is 15.8. The van der Waals surface area contributed by atoms with Crippen molar-refractivity contribution in [1.29, 1.82) is 0 Å². The summed E-state index contributed by atoms with van der Waals surface area (Å²) >= 11 is 0. The summed E-state index contributed by atoms with van der Waals surface area (Å²) in [6.07, 6.45) is 2.17. The highest BCUT2D eigenvalue weighted by Gasteiger charge is 2.46. The number of anilines is 1. The van der Waals surface area contributed by atoms with Crippen LogP contribution in [-0.4, -0.2) is 61.6 Å². The highest BCUT2D eigenvalue weighted by Crippen LogP contribution is 2.47. The first-order valence-corrected chi connectivity index (χ1v) is 11.3. The Morgan fingerprint density at radius 3 is 2.77 bits per heavy atom. The van der Waals surface area contributed by atoms with E-state index in [0.29, 0.717) is 26.2 Å². The van der Waals surface area contributed by atoms with Crippen LogP contribution in [0.1, 0.15) is 50.5 Å². The van der Waals surface area contributed by atoms with Gasteiger partial charge in [0.05, 0.1) is 19.1 Å². The van der Waals surface area contributed by atoms with E-state index in [1.165, 1.54) is 0 Å². The summed E-state index contributed by atoms with van der Waals surface area (Å²) in [5.41, 5.74) is 1.74. The molecule has 0 spiro atoms. The van der Waals surface area contributed by atoms with Gasteiger partial charge in [-0.1, -0.05) is 6.92 Å². The highest BCUT2D eigenvalue weighted by molar-refractivity contribution is 5.92. The van der Waals surface area contributed by atoms with Gasteiger partial charge in [-0.3, -0.25) is 9.59 Å². The maximum Gasteiger partial charge on any atom is 0.227 e. The second-order valence-corrected chi connectivity index (χ2v) is 8.59. The summed E-state index contributed by atoms with van der Waals surface area (Å²) in [6.45, 7) is 3.72. The molecule has 3 aliphatic heterocycles. The van der Waals surface area contributed by atoms with Crippen LogP contribution in [-0.2, 0) is 19.1 Å². The van der Waals surface area contributed by atoms with Crippen LogP contribution in [0.25, 0.3) is 0 Å². The molecule has 31 heavy (non-hydrogen) atoms. The van der Waals surface area contributed by atoms with Crippen molar-refractivity contribution in [3.63, 3.8) is 0 Å². The minimum Gasteiger partial charge on any atom is -0.487 e. The minimum absolute atomic E-state index is 0.00445. The van der Waals surface area contributed by atoms with E-state index in [1.807, 2.05) is 25.1 Å². The van der Waals surface area contributed by atoms with Crippen LogP contribution in [0.4, 0.5) is 5.69 Å². The molecule has 3 N–H and O–H groups in total. The zero-order chi connectivity index (χ0) is 21.8. The molecule has 170 valence electrons. The molecule has 3 heterocycles. The number of hydrogen-bond donors (Lipinski definition) is 3. The van der Waals surface area contributed by atoms with Crippen LogP contribution in [0, 0.1) is 5.92 Å². The van der Waals surface area contributed by atoms with Crippen LogP contribution in [0.3, 0.4) is 0 Å². The zero-order valence-corrected chi connectivity index (χ0v) is 18.0. The van der Waals surface area contributed by atoms with Gasteiger partial charge in [-0.15, -0.1) is 0 Å². The van der Waals surface area contributed by atoms with Crippen LogP contribution >= 0.6 is 0 Å². The Labute approximate surface area is 182 Å². The molecule has 1 aromatic carbocycles. The Kier molecular flexibility index (Phi) is 7.09. The number of hydrogen-bond acceptors (Lipinski definition) is 6. The molecule has 0 unspecified atom stereocenters. The first-order valence-electron chi connectivity index (χ1n) is 11.3. The Morgan fingerprint density at radius 1 is 1.23 bits per heavy atom. The van der Waals surface area contributed by atoms with Crippen molar-refractivity contribution in [3.05, 3.63) is 23.8 Å². The van der Waals surface area contributed by atoms with Crippen LogP contribution in [0.5, 0.6) is 5.75 Å². The number of carbonyl (C=O) groups excluding carboxylic acids is 2. The van der Waals surface area contributed by atoms with Crippen LogP contribution < -0.4 is 15.4 Å². The highest BCUT2D eigenvalue weighted by atomic mass is 16.6. The van der Waals surface area contributed by atoms with Gasteiger partial charge in [0, 0.05) is 42.8 Å². The molecule has 0 aliphatic carbocycles. The Bertz CT molecular complexity index is 794. The quantitative estimate of drug-likeness (QED) is 0.608. The fourth-order valence-electron chi connectivity index (χ4n) is 4.71. The van der Waals surface area contributed by atoms with Crippen molar-refractivity contribution in [2.75, 3.05) is 31.7 Å². The van der Waals surface area contributed by atoms with E-state index in [4.69, 9.17) is 14.2 Å². The van der Waals surface area contributed by atoms with E-state index in [-0.39, 0.29) is 48.9 Å². The largest absolute Gasteiger partial charge is 0.487 e. The van der Waals surface area contributed by atoms with E-state index in [1.54, 1.807) is 0 Å². The van der Waals surface area contributed by atoms with Gasteiger partial charge in [0.15, 0.2) is 0 Å². The molecule has 3 aliphatic rings. The van der Waals surface area contributed by atoms with Gasteiger partial charge in [0.25, 0.3) is 0 Å². The molecule has 0 bridgehead atoms. The minimum atomic E-state index is -0.490. The van der Waals surface area contributed by atoms with Crippen LogP contribution in [0.15, 0.2) is 18.2 Å². The van der Waals surface area contributed by atoms with Crippen molar-refractivity contribution < 1.29 is 28.9 Å². The van der Waals surface area contributed by atoms with E-state index < -0.39 is 6.10 Å². The van der Waals surface area contributed by atoms with Gasteiger partial charge < -0.3 is 30.0 Å². The van der Waals surface area contributed by atoms with Crippen molar-refractivity contribution in [3.8, 4) is 5.75 Å². The van der Waals surface area contributed by atoms with Gasteiger partial charge in [0.1, 0.15) is 18.0 Å². The lowest BCUT2D eigenvalue weighted by atomic mass is 9.84. The number of nitrogens with one attached hydrogen (secondary N) is 2. The van der Waals surface area contributed by atoms with Gasteiger partial charge in [-0.25, -0.2) is 0 Å². The van der Waals surface area contributed by atoms with Crippen LogP contribution in [0.2, 0.25) is 0 Å². The lowest BCUT2D eigenvalue weighted by Gasteiger charge is -2.37. The number of fused-ring (bicyclic) bond motifs is 3. The van der Waals surface area contributed by atoms with Gasteiger partial charge in [0.2, 0.25) is 11.8 Å². The first-order chi connectivity index (χ1) is 15.1. The number of ether oxygens (including phenoxy) is 3. The third-order valence-electron chi connectivity index (χ3n) is 6.34. The average Bonchev–Trinajstić information content (AvgIpc) is 3.15. The number of amides is 2. The van der Waals surface area contributed by atoms with Gasteiger partial charge in [-0.05, 0) is 43.9 Å². The second kappa shape index (κ2) is 9.97. The normalized spacial score (nSPS) is 27.7. The molecule has 0 saturated carbocycles. The van der Waals surface area contributed by atoms with Gasteiger partial charge >= 0.3 is 0 Å². The predicted molar refractivity (Wildman–Crippen MR) is 114 cm³/mol. The lowest BCUT2D eigenvalue weighted by molar-refractivity contribution is -0.142. The third kappa shape index (κ3) is 5.02. The molecule has 2 saturated heterocycles. The standard InChI is InChI=1S/C23H32N2O6/c1-2-7-24-21(27)12-16-11-18-17-10-15(25-23(28)14-5-8-29-9-6-14)3-4-19(17)31-22(18)20(13-26)30-16/h3-4,10,14,16,18,20,22,26H,2,5-9,11-13H2,1H3,(H,24,27)(H,25,28)/t16-,18-,20-,22+/m0/s1. The maximum atomic E-state index is 12.6. The summed E-state index contributed by atoms with van der Waals surface area (Å²) in [4.78, 5) is 24.8. The Hall–Kier alpha value is -2.16. The molecule has 8 nitrogen and oxygen atoms in total. The number of rotatable bonds is 7. The smallest absolute Gasteiger partial charge is 0.227 e. The molecule has 8 heteroatoms. The number of aliphatic hydroxyl groups excluding tert-OH is 1. The molecule has 2 fully saturated rings. The number of carbonyl (C=O) groups is 2. The maximum absolute atomic E-state index is 12.6. The number of aliphatic hydroxyl groups is 1. The van der Waals surface area contributed by atoms with E-state index >= 15 is 0 Å². The average molecular weight is 433 g/mol. The molecule has 0 radical (unpaired) electrons. The molecular formula is C23H32N2O6. The van der Waals surface area contributed by atoms with Crippen molar-refractivity contribution in [1.82, 2.24) is 5.32 Å². The monoisotopic (exact) mass is 432 g/mol. The van der Waals surface area contributed by atoms with E-state index in [9.17, 15) is 14.7 Å². The topological polar surface area (TPSA) is 106 Å². The fraction of sp³-hybridized carbons (Fsp3) is 0.652. The first kappa shape index (κ1) is 22.0. The lowest BCUT2D eigenvalue weighted by Crippen LogP contribution is -2.47. The summed E-state index contributed by atoms with van der Waals surface area (Å²) in [5.74, 6) is 0.698. The van der Waals surface area contributed by atoms with E-state index in [2.05, 4.69) is 10.6 Å². The van der Waals surface area contributed by atoms with Crippen molar-refractivity contribution in [2.45, 2.75) is 63.3 Å². The molecule has 2 amide bonds. The Morgan fingerprint density at radius 2 is 2.03 bits per heavy atom. The van der Waals surface area contributed by atoms with E-state index in [0.717, 1.165) is 36.3 Å². The molecule has 0 aromatic heterocycles. The van der Waals surface area contributed by atoms with Gasteiger partial charge in [-0.2, -0.15) is 0 Å². The second-order valence-electron chi connectivity index (χ2n) is 8.59. The predicted octanol–water partition coefficient (Wildman–Crippen LogP) is 1.96. The van der Waals surface area contributed by atoms with Crippen molar-refractivity contribution in [2.24, 2.45) is 5.92 Å². The third-order valence-corrected chi connectivity index (χ3v) is 6.34. The molecule has 4 rings (SSSR count). The SMILES string of the molecule is CCCNC(=O)C[C@@H]1C[C@H]2c3cc(NC(=O)C4CCOCC4)ccc3O[C@H]2[C@H](CO)O1. The molecular weight excluding hydrogens is 400 g/mol. The van der Waals surface area contributed by atoms with Crippen molar-refractivity contribution >= 4 is 17.5 Å². The summed E-state index contributed by atoms with van der Waals surface area (Å²) in [6, 6.07) is 5.67. The molecule has 4 atom stereocenters. The summed E-state index contributed by atoms with van der Waals surface area (Å²) < 4.78 is 17.4. The zero-order valence-electron chi connectivity index (χ0n) is 18.0. The fourth-order valence-corrected chi connectivity index (χ4v) is 4.71. The molecule has 1 aromatic rings.